The Morgan fingerprint density at radius 3 is 2.93 bits per heavy atom. The van der Waals surface area contributed by atoms with Crippen molar-refractivity contribution in [2.24, 2.45) is 4.99 Å². The number of hydrogen-bond donors (Lipinski definition) is 0. The Bertz CT molecular complexity index is 361. The lowest BCUT2D eigenvalue weighted by Gasteiger charge is -1.97. The molecule has 0 aliphatic rings. The second-order valence-corrected chi connectivity index (χ2v) is 2.98. The largest absolute Gasteiger partial charge is 0.264 e. The fourth-order valence-corrected chi connectivity index (χ4v) is 0.862. The zero-order valence-electron chi connectivity index (χ0n) is 8.57. The molecule has 0 aromatic carbocycles. The van der Waals surface area contributed by atoms with E-state index in [9.17, 15) is 0 Å². The maximum atomic E-state index is 4.24. The van der Waals surface area contributed by atoms with E-state index in [1.165, 1.54) is 0 Å². The van der Waals surface area contributed by atoms with Gasteiger partial charge < -0.3 is 0 Å². The van der Waals surface area contributed by atoms with Gasteiger partial charge in [-0.25, -0.2) is 0 Å². The topological polar surface area (TPSA) is 25.2 Å². The van der Waals surface area contributed by atoms with E-state index in [0.29, 0.717) is 0 Å². The fraction of sp³-hybridized carbons (Fsp3) is 0.167. The number of hydrogen-bond acceptors (Lipinski definition) is 2. The molecule has 2 heteroatoms. The van der Waals surface area contributed by atoms with E-state index in [1.54, 1.807) is 18.6 Å². The van der Waals surface area contributed by atoms with Crippen LogP contribution in [0.25, 0.3) is 5.70 Å². The lowest BCUT2D eigenvalue weighted by Crippen LogP contribution is -1.82. The van der Waals surface area contributed by atoms with Gasteiger partial charge in [-0.05, 0) is 31.6 Å². The van der Waals surface area contributed by atoms with E-state index < -0.39 is 0 Å². The van der Waals surface area contributed by atoms with Crippen molar-refractivity contribution in [3.05, 3.63) is 48.3 Å². The summed E-state index contributed by atoms with van der Waals surface area (Å²) >= 11 is 0. The monoisotopic (exact) mass is 186 g/mol. The molecule has 2 nitrogen and oxygen atoms in total. The van der Waals surface area contributed by atoms with Crippen LogP contribution in [0.15, 0.2) is 47.7 Å². The molecule has 0 atom stereocenters. The zero-order valence-corrected chi connectivity index (χ0v) is 8.57. The number of aromatic nitrogens is 1. The van der Waals surface area contributed by atoms with E-state index in [1.807, 2.05) is 32.1 Å². The van der Waals surface area contributed by atoms with Gasteiger partial charge in [-0.3, -0.25) is 9.98 Å². The van der Waals surface area contributed by atoms with Crippen molar-refractivity contribution < 1.29 is 0 Å². The van der Waals surface area contributed by atoms with Gasteiger partial charge in [-0.2, -0.15) is 0 Å². The molecule has 0 radical (unpaired) electrons. The first-order chi connectivity index (χ1) is 6.74. The van der Waals surface area contributed by atoms with Crippen molar-refractivity contribution in [3.63, 3.8) is 0 Å². The van der Waals surface area contributed by atoms with E-state index in [-0.39, 0.29) is 0 Å². The molecule has 1 heterocycles. The van der Waals surface area contributed by atoms with Gasteiger partial charge in [0.15, 0.2) is 0 Å². The molecule has 0 saturated carbocycles. The summed E-state index contributed by atoms with van der Waals surface area (Å²) in [5.41, 5.74) is 2.81. The van der Waals surface area contributed by atoms with Crippen molar-refractivity contribution in [3.8, 4) is 0 Å². The first-order valence-corrected chi connectivity index (χ1v) is 4.50. The van der Waals surface area contributed by atoms with Crippen LogP contribution < -0.4 is 0 Å². The summed E-state index contributed by atoms with van der Waals surface area (Å²) in [5, 5.41) is 0. The average Bonchev–Trinajstić information content (AvgIpc) is 2.26. The van der Waals surface area contributed by atoms with Crippen molar-refractivity contribution in [1.29, 1.82) is 0 Å². The van der Waals surface area contributed by atoms with Gasteiger partial charge in [-0.1, -0.05) is 12.7 Å². The second-order valence-electron chi connectivity index (χ2n) is 2.98. The van der Waals surface area contributed by atoms with E-state index in [4.69, 9.17) is 0 Å². The summed E-state index contributed by atoms with van der Waals surface area (Å²) in [7, 11) is 0. The first kappa shape index (κ1) is 10.4. The molecule has 0 spiro atoms. The van der Waals surface area contributed by atoms with Crippen LogP contribution in [-0.4, -0.2) is 11.2 Å². The van der Waals surface area contributed by atoms with Crippen LogP contribution >= 0.6 is 0 Å². The van der Waals surface area contributed by atoms with Gasteiger partial charge in [0.1, 0.15) is 0 Å². The van der Waals surface area contributed by atoms with E-state index >= 15 is 0 Å². The third kappa shape index (κ3) is 2.98. The minimum atomic E-state index is 0.735. The Kier molecular flexibility index (Phi) is 3.80. The lowest BCUT2D eigenvalue weighted by atomic mass is 10.2. The molecule has 1 rings (SSSR count). The average molecular weight is 186 g/mol. The third-order valence-corrected chi connectivity index (χ3v) is 1.87. The Labute approximate surface area is 84.7 Å². The summed E-state index contributed by atoms with van der Waals surface area (Å²) in [6.45, 7) is 7.85. The summed E-state index contributed by atoms with van der Waals surface area (Å²) in [6.07, 6.45) is 7.29. The molecule has 14 heavy (non-hydrogen) atoms. The zero-order chi connectivity index (χ0) is 10.4. The summed E-state index contributed by atoms with van der Waals surface area (Å²) < 4.78 is 0. The molecule has 0 aliphatic carbocycles. The Hall–Kier alpha value is -1.70. The van der Waals surface area contributed by atoms with Crippen LogP contribution in [0.5, 0.6) is 0 Å². The number of allylic oxidation sites excluding steroid dienone is 2. The Morgan fingerprint density at radius 1 is 1.57 bits per heavy atom. The SMILES string of the molecule is C=C(/N=C\C(C)=C/C)c1cccnc1. The highest BCUT2D eigenvalue weighted by molar-refractivity contribution is 5.83. The number of pyridine rings is 1. The molecule has 0 aliphatic heterocycles. The minimum absolute atomic E-state index is 0.735. The molecular formula is C12H14N2. The smallest absolute Gasteiger partial charge is 0.0645 e. The molecule has 1 aromatic heterocycles. The minimum Gasteiger partial charge on any atom is -0.264 e. The van der Waals surface area contributed by atoms with Crippen LogP contribution in [0.4, 0.5) is 0 Å². The molecular weight excluding hydrogens is 172 g/mol. The summed E-state index contributed by atoms with van der Waals surface area (Å²) in [4.78, 5) is 8.24. The molecule has 0 amide bonds. The highest BCUT2D eigenvalue weighted by Gasteiger charge is 1.93. The molecule has 0 unspecified atom stereocenters. The molecule has 0 bridgehead atoms. The van der Waals surface area contributed by atoms with Gasteiger partial charge in [0, 0.05) is 24.2 Å². The molecule has 0 fully saturated rings. The predicted molar refractivity (Wildman–Crippen MR) is 61.2 cm³/mol. The fourth-order valence-electron chi connectivity index (χ4n) is 0.862. The van der Waals surface area contributed by atoms with E-state index in [0.717, 1.165) is 16.8 Å². The van der Waals surface area contributed by atoms with Crippen molar-refractivity contribution in [2.75, 3.05) is 0 Å². The summed E-state index contributed by atoms with van der Waals surface area (Å²) in [6, 6.07) is 3.82. The number of nitrogens with zero attached hydrogens (tertiary/aromatic N) is 2. The van der Waals surface area contributed by atoms with Crippen molar-refractivity contribution in [2.45, 2.75) is 13.8 Å². The summed E-state index contributed by atoms with van der Waals surface area (Å²) in [5.74, 6) is 0. The number of aliphatic imine (C=N–C) groups is 1. The normalized spacial score (nSPS) is 12.0. The third-order valence-electron chi connectivity index (χ3n) is 1.87. The highest BCUT2D eigenvalue weighted by Crippen LogP contribution is 2.10. The van der Waals surface area contributed by atoms with Crippen LogP contribution in [0.1, 0.15) is 19.4 Å². The standard InChI is InChI=1S/C12H14N2/c1-4-10(2)8-14-11(3)12-6-5-7-13-9-12/h4-9H,3H2,1-2H3/b10-4-,14-8-. The molecule has 1 aromatic rings. The molecule has 0 N–H and O–H groups in total. The van der Waals surface area contributed by atoms with Gasteiger partial charge in [-0.15, -0.1) is 0 Å². The second kappa shape index (κ2) is 5.12. The van der Waals surface area contributed by atoms with Crippen LogP contribution in [0.3, 0.4) is 0 Å². The van der Waals surface area contributed by atoms with Gasteiger partial charge in [0.2, 0.25) is 0 Å². The highest BCUT2D eigenvalue weighted by atomic mass is 14.7. The van der Waals surface area contributed by atoms with Crippen molar-refractivity contribution >= 4 is 11.9 Å². The van der Waals surface area contributed by atoms with Crippen LogP contribution in [0.2, 0.25) is 0 Å². The molecule has 0 saturated heterocycles. The van der Waals surface area contributed by atoms with Crippen LogP contribution in [-0.2, 0) is 0 Å². The lowest BCUT2D eigenvalue weighted by molar-refractivity contribution is 1.30. The maximum Gasteiger partial charge on any atom is 0.0645 e. The van der Waals surface area contributed by atoms with E-state index in [2.05, 4.69) is 16.6 Å². The Balaban J connectivity index is 2.74. The van der Waals surface area contributed by atoms with Crippen LogP contribution in [0, 0.1) is 0 Å². The maximum absolute atomic E-state index is 4.24. The Morgan fingerprint density at radius 2 is 2.36 bits per heavy atom. The van der Waals surface area contributed by atoms with Gasteiger partial charge in [0.05, 0.1) is 5.70 Å². The van der Waals surface area contributed by atoms with Gasteiger partial charge in [0.25, 0.3) is 0 Å². The quantitative estimate of drug-likeness (QED) is 0.666. The molecule has 72 valence electrons. The predicted octanol–water partition coefficient (Wildman–Crippen LogP) is 3.09. The number of rotatable bonds is 3. The first-order valence-electron chi connectivity index (χ1n) is 4.50. The van der Waals surface area contributed by atoms with Crippen molar-refractivity contribution in [1.82, 2.24) is 4.98 Å². The van der Waals surface area contributed by atoms with Gasteiger partial charge >= 0.3 is 0 Å².